The molecule has 1 heterocycles. The molecule has 6 heteroatoms. The van der Waals surface area contributed by atoms with E-state index in [4.69, 9.17) is 16.3 Å². The first-order valence-corrected chi connectivity index (χ1v) is 9.21. The van der Waals surface area contributed by atoms with Crippen molar-refractivity contribution in [1.82, 2.24) is 0 Å². The smallest absolute Gasteiger partial charge is 0.268 e. The Kier molecular flexibility index (Phi) is 5.16. The Morgan fingerprint density at radius 1 is 1.22 bits per heavy atom. The zero-order valence-corrected chi connectivity index (χ0v) is 16.6. The van der Waals surface area contributed by atoms with Gasteiger partial charge in [-0.05, 0) is 42.8 Å². The van der Waals surface area contributed by atoms with E-state index in [1.807, 2.05) is 39.0 Å². The van der Waals surface area contributed by atoms with Crippen molar-refractivity contribution < 1.29 is 14.3 Å². The molecule has 5 nitrogen and oxygen atoms in total. The van der Waals surface area contributed by atoms with Crippen LogP contribution in [0.3, 0.4) is 0 Å². The van der Waals surface area contributed by atoms with Crippen LogP contribution in [0.1, 0.15) is 33.3 Å². The number of nitrogens with zero attached hydrogens (tertiary/aromatic N) is 1. The Hall–Kier alpha value is -2.53. The van der Waals surface area contributed by atoms with Crippen LogP contribution in [-0.2, 0) is 16.1 Å². The molecule has 3 rings (SSSR count). The first-order chi connectivity index (χ1) is 12.6. The first kappa shape index (κ1) is 19.2. The lowest BCUT2D eigenvalue weighted by Gasteiger charge is -2.33. The minimum absolute atomic E-state index is 0.0970. The van der Waals surface area contributed by atoms with Crippen LogP contribution < -0.4 is 15.0 Å². The van der Waals surface area contributed by atoms with E-state index in [-0.39, 0.29) is 11.8 Å². The number of hydrogen-bond donors (Lipinski definition) is 1. The van der Waals surface area contributed by atoms with Crippen molar-refractivity contribution in [3.63, 3.8) is 0 Å². The van der Waals surface area contributed by atoms with E-state index in [1.165, 1.54) is 0 Å². The van der Waals surface area contributed by atoms with Crippen LogP contribution in [0, 0.1) is 5.41 Å². The molecule has 27 heavy (non-hydrogen) atoms. The third-order valence-electron chi connectivity index (χ3n) is 4.34. The molecule has 2 amide bonds. The highest BCUT2D eigenvalue weighted by atomic mass is 35.5. The lowest BCUT2D eigenvalue weighted by atomic mass is 9.95. The topological polar surface area (TPSA) is 58.6 Å². The molecule has 2 aromatic carbocycles. The van der Waals surface area contributed by atoms with Gasteiger partial charge in [-0.2, -0.15) is 0 Å². The predicted molar refractivity (Wildman–Crippen MR) is 107 cm³/mol. The van der Waals surface area contributed by atoms with Crippen LogP contribution in [0.5, 0.6) is 5.75 Å². The summed E-state index contributed by atoms with van der Waals surface area (Å²) in [4.78, 5) is 26.7. The Bertz CT molecular complexity index is 889. The van der Waals surface area contributed by atoms with Crippen LogP contribution in [0.15, 0.2) is 42.5 Å². The van der Waals surface area contributed by atoms with Crippen molar-refractivity contribution in [2.24, 2.45) is 5.41 Å². The molecule has 0 spiro atoms. The van der Waals surface area contributed by atoms with E-state index >= 15 is 0 Å². The maximum Gasteiger partial charge on any atom is 0.268 e. The minimum Gasteiger partial charge on any atom is -0.479 e. The number of ether oxygens (including phenoxy) is 1. The maximum atomic E-state index is 12.8. The number of nitrogens with one attached hydrogen (secondary N) is 1. The predicted octanol–water partition coefficient (Wildman–Crippen LogP) is 4.64. The molecule has 1 unspecified atom stereocenters. The number of fused-ring (bicyclic) bond motifs is 1. The molecule has 0 aliphatic carbocycles. The van der Waals surface area contributed by atoms with Crippen molar-refractivity contribution in [3.05, 3.63) is 53.1 Å². The maximum absolute atomic E-state index is 12.8. The fraction of sp³-hybridized carbons (Fsp3) is 0.333. The average Bonchev–Trinajstić information content (AvgIpc) is 2.58. The Labute approximate surface area is 164 Å². The molecular formula is C21H23ClN2O3. The third kappa shape index (κ3) is 4.25. The number of halogens is 1. The first-order valence-electron chi connectivity index (χ1n) is 8.83. The number of amides is 2. The van der Waals surface area contributed by atoms with Gasteiger partial charge in [0, 0.05) is 16.1 Å². The highest BCUT2D eigenvalue weighted by Crippen LogP contribution is 2.37. The number of anilines is 2. The van der Waals surface area contributed by atoms with Gasteiger partial charge in [-0.25, -0.2) is 0 Å². The van der Waals surface area contributed by atoms with E-state index in [2.05, 4.69) is 5.32 Å². The van der Waals surface area contributed by atoms with Gasteiger partial charge in [-0.1, -0.05) is 44.5 Å². The number of rotatable bonds is 3. The van der Waals surface area contributed by atoms with Gasteiger partial charge in [0.2, 0.25) is 5.91 Å². The molecule has 0 fully saturated rings. The number of carbonyl (C=O) groups is 2. The van der Waals surface area contributed by atoms with E-state index in [1.54, 1.807) is 36.1 Å². The lowest BCUT2D eigenvalue weighted by molar-refractivity contribution is -0.125. The van der Waals surface area contributed by atoms with Crippen LogP contribution in [-0.4, -0.2) is 17.9 Å². The van der Waals surface area contributed by atoms with E-state index in [0.29, 0.717) is 28.7 Å². The van der Waals surface area contributed by atoms with Crippen LogP contribution >= 0.6 is 11.6 Å². The second-order valence-corrected chi connectivity index (χ2v) is 8.14. The fourth-order valence-electron chi connectivity index (χ4n) is 2.78. The quantitative estimate of drug-likeness (QED) is 0.836. The number of hydrogen-bond acceptors (Lipinski definition) is 3. The summed E-state index contributed by atoms with van der Waals surface area (Å²) in [6, 6.07) is 12.7. The lowest BCUT2D eigenvalue weighted by Crippen LogP contribution is -2.44. The van der Waals surface area contributed by atoms with Crippen molar-refractivity contribution in [2.45, 2.75) is 40.3 Å². The fourth-order valence-corrected chi connectivity index (χ4v) is 3.00. The highest BCUT2D eigenvalue weighted by molar-refractivity contribution is 6.30. The Morgan fingerprint density at radius 2 is 1.96 bits per heavy atom. The summed E-state index contributed by atoms with van der Waals surface area (Å²) in [5, 5.41) is 3.52. The van der Waals surface area contributed by atoms with Gasteiger partial charge in [0.1, 0.15) is 5.75 Å². The summed E-state index contributed by atoms with van der Waals surface area (Å²) >= 11 is 6.08. The van der Waals surface area contributed by atoms with E-state index < -0.39 is 11.5 Å². The van der Waals surface area contributed by atoms with Gasteiger partial charge in [0.25, 0.3) is 5.91 Å². The normalized spacial score (nSPS) is 16.6. The zero-order valence-electron chi connectivity index (χ0n) is 15.9. The van der Waals surface area contributed by atoms with Crippen molar-refractivity contribution >= 4 is 34.8 Å². The molecule has 1 aliphatic heterocycles. The molecule has 0 bridgehead atoms. The molecule has 0 aromatic heterocycles. The highest BCUT2D eigenvalue weighted by Gasteiger charge is 2.32. The average molecular weight is 387 g/mol. The van der Waals surface area contributed by atoms with Crippen molar-refractivity contribution in [2.75, 3.05) is 10.2 Å². The van der Waals surface area contributed by atoms with Gasteiger partial charge in [0.05, 0.1) is 12.2 Å². The molecule has 2 aromatic rings. The molecule has 1 aliphatic rings. The summed E-state index contributed by atoms with van der Waals surface area (Å²) in [6.45, 7) is 7.64. The van der Waals surface area contributed by atoms with Crippen LogP contribution in [0.2, 0.25) is 5.02 Å². The summed E-state index contributed by atoms with van der Waals surface area (Å²) in [6.07, 6.45) is -0.577. The summed E-state index contributed by atoms with van der Waals surface area (Å²) in [5.74, 6) is 0.375. The molecule has 1 atom stereocenters. The van der Waals surface area contributed by atoms with E-state index in [0.717, 1.165) is 5.56 Å². The van der Waals surface area contributed by atoms with Crippen LogP contribution in [0.4, 0.5) is 11.4 Å². The molecule has 0 radical (unpaired) electrons. The zero-order chi connectivity index (χ0) is 19.8. The third-order valence-corrected chi connectivity index (χ3v) is 4.57. The largest absolute Gasteiger partial charge is 0.479 e. The van der Waals surface area contributed by atoms with Gasteiger partial charge < -0.3 is 15.0 Å². The number of benzene rings is 2. The number of carbonyl (C=O) groups excluding carboxylic acids is 2. The van der Waals surface area contributed by atoms with Gasteiger partial charge >= 0.3 is 0 Å². The van der Waals surface area contributed by atoms with Crippen molar-refractivity contribution in [1.29, 1.82) is 0 Å². The standard InChI is InChI=1S/C21H23ClN2O3/c1-13-19(25)24(12-14-6-5-7-15(22)10-14)17-11-16(8-9-18(17)27-13)23-20(26)21(2,3)4/h5-11,13H,12H2,1-4H3,(H,23,26). The van der Waals surface area contributed by atoms with Crippen LogP contribution in [0.25, 0.3) is 0 Å². The summed E-state index contributed by atoms with van der Waals surface area (Å²) < 4.78 is 5.73. The Balaban J connectivity index is 1.94. The van der Waals surface area contributed by atoms with Gasteiger partial charge in [-0.15, -0.1) is 0 Å². The molecular weight excluding hydrogens is 364 g/mol. The minimum atomic E-state index is -0.577. The molecule has 0 saturated heterocycles. The molecule has 142 valence electrons. The second-order valence-electron chi connectivity index (χ2n) is 7.70. The monoisotopic (exact) mass is 386 g/mol. The molecule has 0 saturated carbocycles. The van der Waals surface area contributed by atoms with E-state index in [9.17, 15) is 9.59 Å². The Morgan fingerprint density at radius 3 is 2.63 bits per heavy atom. The van der Waals surface area contributed by atoms with Crippen molar-refractivity contribution in [3.8, 4) is 5.75 Å². The second kappa shape index (κ2) is 7.24. The van der Waals surface area contributed by atoms with Gasteiger partial charge in [0.15, 0.2) is 6.10 Å². The van der Waals surface area contributed by atoms with Gasteiger partial charge in [-0.3, -0.25) is 9.59 Å². The SMILES string of the molecule is CC1Oc2ccc(NC(=O)C(C)(C)C)cc2N(Cc2cccc(Cl)c2)C1=O. The molecule has 1 N–H and O–H groups in total. The summed E-state index contributed by atoms with van der Waals surface area (Å²) in [7, 11) is 0. The summed E-state index contributed by atoms with van der Waals surface area (Å²) in [5.41, 5.74) is 1.65.